The zero-order chi connectivity index (χ0) is 17.6. The molecule has 3 atom stereocenters. The third kappa shape index (κ3) is 5.77. The van der Waals surface area contributed by atoms with E-state index in [1.54, 1.807) is 4.68 Å². The van der Waals surface area contributed by atoms with Gasteiger partial charge in [0.2, 0.25) is 11.9 Å². The Morgan fingerprint density at radius 2 is 2.07 bits per heavy atom. The third-order valence-corrected chi connectivity index (χ3v) is 4.34. The number of tetrazole rings is 1. The number of hydrogen-bond donors (Lipinski definition) is 4. The predicted molar refractivity (Wildman–Crippen MR) is 107 cm³/mol. The zero-order valence-corrected chi connectivity index (χ0v) is 16.5. The lowest BCUT2D eigenvalue weighted by molar-refractivity contribution is -0.122. The molecule has 9 nitrogen and oxygen atoms in total. The van der Waals surface area contributed by atoms with Crippen LogP contribution in [0.1, 0.15) is 13.3 Å². The van der Waals surface area contributed by atoms with Crippen molar-refractivity contribution in [2.75, 3.05) is 25.0 Å². The Morgan fingerprint density at radius 3 is 2.70 bits per heavy atom. The Hall–Kier alpha value is -1.94. The summed E-state index contributed by atoms with van der Waals surface area (Å²) < 4.78 is 1.56. The number of nitrogens with one attached hydrogen (secondary N) is 3. The van der Waals surface area contributed by atoms with Crippen LogP contribution in [0.4, 0.5) is 5.95 Å². The number of anilines is 1. The molecule has 1 aromatic carbocycles. The van der Waals surface area contributed by atoms with Crippen molar-refractivity contribution in [3.05, 3.63) is 30.3 Å². The molecule has 1 amide bonds. The fourth-order valence-electron chi connectivity index (χ4n) is 2.81. The highest BCUT2D eigenvalue weighted by molar-refractivity contribution is 5.85. The topological polar surface area (TPSA) is 117 Å². The smallest absolute Gasteiger partial charge is 0.248 e. The molecule has 3 rings (SSSR count). The minimum Gasteiger partial charge on any atom is -0.391 e. The summed E-state index contributed by atoms with van der Waals surface area (Å²) in [6.07, 6.45) is 0.164. The highest BCUT2D eigenvalue weighted by Crippen LogP contribution is 2.13. The maximum Gasteiger partial charge on any atom is 0.248 e. The molecule has 2 heterocycles. The molecular weight excluding hydrogens is 393 g/mol. The minimum atomic E-state index is -0.458. The van der Waals surface area contributed by atoms with Gasteiger partial charge in [-0.1, -0.05) is 30.2 Å². The number of hydrogen-bond acceptors (Lipinski definition) is 7. The van der Waals surface area contributed by atoms with Crippen LogP contribution >= 0.6 is 24.8 Å². The predicted octanol–water partition coefficient (Wildman–Crippen LogP) is 0.393. The van der Waals surface area contributed by atoms with Gasteiger partial charge in [-0.15, -0.1) is 24.8 Å². The average Bonchev–Trinajstić information content (AvgIpc) is 3.27. The van der Waals surface area contributed by atoms with Crippen molar-refractivity contribution in [2.45, 2.75) is 25.5 Å². The maximum absolute atomic E-state index is 12.5. The second kappa shape index (κ2) is 11.0. The molecule has 0 aliphatic carbocycles. The third-order valence-electron chi connectivity index (χ3n) is 4.34. The summed E-state index contributed by atoms with van der Waals surface area (Å²) in [5, 5.41) is 30.5. The Kier molecular flexibility index (Phi) is 9.44. The number of β-amino-alcohol motifs (C(OH)–C–C–N with tert-alkyl or cyclic N) is 1. The molecule has 0 bridgehead atoms. The number of halogens is 2. The summed E-state index contributed by atoms with van der Waals surface area (Å²) in [6.45, 7) is 3.63. The second-order valence-corrected chi connectivity index (χ2v) is 6.09. The molecule has 0 radical (unpaired) electrons. The number of carbonyl (C=O) groups excluding carboxylic acids is 1. The van der Waals surface area contributed by atoms with Gasteiger partial charge < -0.3 is 21.1 Å². The summed E-state index contributed by atoms with van der Waals surface area (Å²) >= 11 is 0. The first-order chi connectivity index (χ1) is 12.2. The Balaban J connectivity index is 0.00000182. The Labute approximate surface area is 170 Å². The average molecular weight is 418 g/mol. The number of aromatic nitrogens is 4. The van der Waals surface area contributed by atoms with Gasteiger partial charge in [0.15, 0.2) is 0 Å². The van der Waals surface area contributed by atoms with Crippen molar-refractivity contribution < 1.29 is 9.90 Å². The van der Waals surface area contributed by atoms with Crippen molar-refractivity contribution in [1.82, 2.24) is 30.8 Å². The van der Waals surface area contributed by atoms with E-state index in [9.17, 15) is 9.90 Å². The van der Waals surface area contributed by atoms with Gasteiger partial charge >= 0.3 is 0 Å². The molecule has 0 spiro atoms. The van der Waals surface area contributed by atoms with Crippen LogP contribution in [0, 0.1) is 5.92 Å². The molecule has 2 aromatic rings. The fourth-order valence-corrected chi connectivity index (χ4v) is 2.81. The van der Waals surface area contributed by atoms with Crippen molar-refractivity contribution in [3.63, 3.8) is 0 Å². The van der Waals surface area contributed by atoms with Crippen molar-refractivity contribution >= 4 is 36.7 Å². The summed E-state index contributed by atoms with van der Waals surface area (Å²) in [4.78, 5) is 12.5. The van der Waals surface area contributed by atoms with E-state index in [1.165, 1.54) is 0 Å². The first-order valence-electron chi connectivity index (χ1n) is 8.46. The number of aliphatic hydroxyl groups is 1. The van der Waals surface area contributed by atoms with Crippen LogP contribution in [0.25, 0.3) is 5.69 Å². The van der Waals surface area contributed by atoms with Crippen LogP contribution < -0.4 is 16.0 Å². The number of amides is 1. The zero-order valence-electron chi connectivity index (χ0n) is 14.9. The highest BCUT2D eigenvalue weighted by atomic mass is 35.5. The standard InChI is InChI=1S/C16H23N7O2.2ClH/c1-2-13(15(25)18-9-11-8-17-10-14(11)24)19-16-20-21-22-23(16)12-6-4-3-5-7-12;;/h3-7,11,13-14,17,24H,2,8-10H2,1H3,(H,18,25)(H,19,20,22);2*1H. The summed E-state index contributed by atoms with van der Waals surface area (Å²) in [5.74, 6) is 0.316. The Bertz CT molecular complexity index is 701. The van der Waals surface area contributed by atoms with Gasteiger partial charge in [0.1, 0.15) is 6.04 Å². The number of carbonyl (C=O) groups is 1. The lowest BCUT2D eigenvalue weighted by atomic mass is 10.1. The summed E-state index contributed by atoms with van der Waals surface area (Å²) in [7, 11) is 0. The number of para-hydroxylation sites is 1. The molecule has 3 unspecified atom stereocenters. The summed E-state index contributed by atoms with van der Waals surface area (Å²) in [6, 6.07) is 9.01. The first-order valence-corrected chi connectivity index (χ1v) is 8.46. The Morgan fingerprint density at radius 1 is 1.33 bits per heavy atom. The van der Waals surface area contributed by atoms with E-state index in [0.29, 0.717) is 32.0 Å². The maximum atomic E-state index is 12.5. The van der Waals surface area contributed by atoms with Gasteiger partial charge in [0.25, 0.3) is 0 Å². The fraction of sp³-hybridized carbons (Fsp3) is 0.500. The van der Waals surface area contributed by atoms with Gasteiger partial charge in [0, 0.05) is 25.6 Å². The van der Waals surface area contributed by atoms with Crippen LogP contribution in [-0.4, -0.2) is 63.0 Å². The molecule has 1 saturated heterocycles. The van der Waals surface area contributed by atoms with Crippen LogP contribution in [-0.2, 0) is 4.79 Å². The van der Waals surface area contributed by atoms with Gasteiger partial charge in [-0.05, 0) is 29.0 Å². The highest BCUT2D eigenvalue weighted by Gasteiger charge is 2.26. The van der Waals surface area contributed by atoms with E-state index >= 15 is 0 Å². The number of nitrogens with zero attached hydrogens (tertiary/aromatic N) is 4. The van der Waals surface area contributed by atoms with E-state index in [0.717, 1.165) is 5.69 Å². The van der Waals surface area contributed by atoms with Crippen LogP contribution in [0.5, 0.6) is 0 Å². The normalized spacial score (nSPS) is 19.5. The SMILES string of the molecule is CCC(Nc1nnnn1-c1ccccc1)C(=O)NCC1CNCC1O.Cl.Cl. The number of rotatable bonds is 7. The molecule has 4 N–H and O–H groups in total. The van der Waals surface area contributed by atoms with Gasteiger partial charge in [-0.2, -0.15) is 4.68 Å². The van der Waals surface area contributed by atoms with E-state index in [-0.39, 0.29) is 36.6 Å². The molecule has 1 fully saturated rings. The minimum absolute atomic E-state index is 0. The second-order valence-electron chi connectivity index (χ2n) is 6.09. The first kappa shape index (κ1) is 23.1. The van der Waals surface area contributed by atoms with Crippen LogP contribution in [0.2, 0.25) is 0 Å². The number of benzene rings is 1. The van der Waals surface area contributed by atoms with E-state index in [2.05, 4.69) is 31.5 Å². The largest absolute Gasteiger partial charge is 0.391 e. The number of aliphatic hydroxyl groups excluding tert-OH is 1. The molecule has 1 aromatic heterocycles. The molecule has 0 saturated carbocycles. The molecular formula is C16H25Cl2N7O2. The lowest BCUT2D eigenvalue weighted by Gasteiger charge is -2.19. The summed E-state index contributed by atoms with van der Waals surface area (Å²) in [5.41, 5.74) is 0.811. The van der Waals surface area contributed by atoms with Crippen LogP contribution in [0.3, 0.4) is 0 Å². The van der Waals surface area contributed by atoms with Crippen molar-refractivity contribution in [1.29, 1.82) is 0 Å². The van der Waals surface area contributed by atoms with Gasteiger partial charge in [0.05, 0.1) is 11.8 Å². The quantitative estimate of drug-likeness (QED) is 0.514. The molecule has 1 aliphatic rings. The van der Waals surface area contributed by atoms with E-state index in [4.69, 9.17) is 0 Å². The van der Waals surface area contributed by atoms with Crippen LogP contribution in [0.15, 0.2) is 30.3 Å². The monoisotopic (exact) mass is 417 g/mol. The van der Waals surface area contributed by atoms with Crippen molar-refractivity contribution in [3.8, 4) is 5.69 Å². The molecule has 11 heteroatoms. The molecule has 27 heavy (non-hydrogen) atoms. The van der Waals surface area contributed by atoms with Gasteiger partial charge in [-0.3, -0.25) is 4.79 Å². The molecule has 1 aliphatic heterocycles. The molecule has 150 valence electrons. The van der Waals surface area contributed by atoms with Gasteiger partial charge in [-0.25, -0.2) is 0 Å². The van der Waals surface area contributed by atoms with E-state index in [1.807, 2.05) is 37.3 Å². The van der Waals surface area contributed by atoms with Crippen molar-refractivity contribution in [2.24, 2.45) is 5.92 Å². The lowest BCUT2D eigenvalue weighted by Crippen LogP contribution is -2.43. The van der Waals surface area contributed by atoms with E-state index < -0.39 is 12.1 Å².